The number of hydrazine groups is 1. The van der Waals surface area contributed by atoms with Gasteiger partial charge in [0.1, 0.15) is 9.92 Å². The van der Waals surface area contributed by atoms with Gasteiger partial charge in [-0.05, 0) is 25.8 Å². The standard InChI is InChI=1S/C18H17N3O3S2/c1-10-8-25-18(19-10)26-9-13-12-4-2-3-5-14(12)24-15(13)17(23)21-20-16(22)11-6-7-11/h2-5,8,11H,6-7,9H2,1H3,(H,20,22)(H,21,23). The minimum absolute atomic E-state index is 0.0224. The van der Waals surface area contributed by atoms with Crippen LogP contribution >= 0.6 is 23.1 Å². The maximum atomic E-state index is 12.6. The van der Waals surface area contributed by atoms with Gasteiger partial charge in [0, 0.05) is 33.7 Å². The van der Waals surface area contributed by atoms with E-state index in [0.29, 0.717) is 11.3 Å². The largest absolute Gasteiger partial charge is 0.451 e. The SMILES string of the molecule is Cc1csc(SCc2c(C(=O)NNC(=O)C3CC3)oc3ccccc23)n1. The fraction of sp³-hybridized carbons (Fsp3) is 0.278. The van der Waals surface area contributed by atoms with Gasteiger partial charge in [-0.2, -0.15) is 0 Å². The number of hydrogen-bond donors (Lipinski definition) is 2. The summed E-state index contributed by atoms with van der Waals surface area (Å²) in [6, 6.07) is 7.54. The second-order valence-corrected chi connectivity index (χ2v) is 8.25. The lowest BCUT2D eigenvalue weighted by Crippen LogP contribution is -2.42. The van der Waals surface area contributed by atoms with Gasteiger partial charge >= 0.3 is 5.91 Å². The first-order valence-corrected chi connectivity index (χ1v) is 10.1. The first-order chi connectivity index (χ1) is 12.6. The predicted molar refractivity (Wildman–Crippen MR) is 101 cm³/mol. The first kappa shape index (κ1) is 17.1. The van der Waals surface area contributed by atoms with Gasteiger partial charge in [0.15, 0.2) is 5.76 Å². The maximum absolute atomic E-state index is 12.6. The minimum atomic E-state index is -0.443. The third-order valence-corrected chi connectivity index (χ3v) is 6.26. The number of aryl methyl sites for hydroxylation is 1. The average Bonchev–Trinajstić information content (AvgIpc) is 3.32. The molecule has 0 spiro atoms. The minimum Gasteiger partial charge on any atom is -0.451 e. The normalized spacial score (nSPS) is 13.7. The molecule has 0 radical (unpaired) electrons. The number of nitrogens with one attached hydrogen (secondary N) is 2. The third-order valence-electron chi connectivity index (χ3n) is 4.09. The molecule has 6 nitrogen and oxygen atoms in total. The van der Waals surface area contributed by atoms with Gasteiger partial charge in [0.05, 0.1) is 0 Å². The molecule has 1 aliphatic rings. The topological polar surface area (TPSA) is 84.2 Å². The summed E-state index contributed by atoms with van der Waals surface area (Å²) in [5.74, 6) is 0.213. The highest BCUT2D eigenvalue weighted by atomic mass is 32.2. The number of amides is 2. The van der Waals surface area contributed by atoms with E-state index < -0.39 is 5.91 Å². The molecule has 2 aromatic heterocycles. The Morgan fingerprint density at radius 2 is 2.12 bits per heavy atom. The zero-order chi connectivity index (χ0) is 18.1. The Kier molecular flexibility index (Phi) is 4.69. The Morgan fingerprint density at radius 1 is 1.31 bits per heavy atom. The molecule has 0 saturated heterocycles. The van der Waals surface area contributed by atoms with Crippen LogP contribution in [0.5, 0.6) is 0 Å². The number of thiazole rings is 1. The van der Waals surface area contributed by atoms with E-state index in [1.54, 1.807) is 23.1 Å². The van der Waals surface area contributed by atoms with Crippen LogP contribution in [0.1, 0.15) is 34.7 Å². The van der Waals surface area contributed by atoms with Crippen molar-refractivity contribution in [3.05, 3.63) is 46.7 Å². The number of hydrogen-bond acceptors (Lipinski definition) is 6. The molecule has 2 amide bonds. The molecule has 4 rings (SSSR count). The number of benzene rings is 1. The van der Waals surface area contributed by atoms with Crippen LogP contribution in [-0.2, 0) is 10.5 Å². The third kappa shape index (κ3) is 3.61. The highest BCUT2D eigenvalue weighted by Gasteiger charge is 2.30. The van der Waals surface area contributed by atoms with Crippen molar-refractivity contribution in [2.75, 3.05) is 0 Å². The van der Waals surface area contributed by atoms with Crippen molar-refractivity contribution in [1.29, 1.82) is 0 Å². The van der Waals surface area contributed by atoms with Crippen molar-refractivity contribution in [3.8, 4) is 0 Å². The molecule has 1 saturated carbocycles. The number of carbonyl (C=O) groups excluding carboxylic acids is 2. The van der Waals surface area contributed by atoms with E-state index in [1.165, 1.54) is 0 Å². The Balaban J connectivity index is 1.56. The van der Waals surface area contributed by atoms with Gasteiger partial charge in [-0.3, -0.25) is 20.4 Å². The van der Waals surface area contributed by atoms with E-state index in [9.17, 15) is 9.59 Å². The van der Waals surface area contributed by atoms with E-state index in [1.807, 2.05) is 36.6 Å². The van der Waals surface area contributed by atoms with Crippen molar-refractivity contribution in [3.63, 3.8) is 0 Å². The quantitative estimate of drug-likeness (QED) is 0.516. The molecule has 0 aliphatic heterocycles. The summed E-state index contributed by atoms with van der Waals surface area (Å²) in [6.45, 7) is 1.95. The Morgan fingerprint density at radius 3 is 2.85 bits per heavy atom. The van der Waals surface area contributed by atoms with Gasteiger partial charge in [-0.25, -0.2) is 4.98 Å². The monoisotopic (exact) mass is 387 g/mol. The van der Waals surface area contributed by atoms with E-state index in [0.717, 1.165) is 33.8 Å². The number of thioether (sulfide) groups is 1. The van der Waals surface area contributed by atoms with Gasteiger partial charge < -0.3 is 4.42 Å². The highest BCUT2D eigenvalue weighted by Crippen LogP contribution is 2.33. The van der Waals surface area contributed by atoms with Crippen LogP contribution in [0.4, 0.5) is 0 Å². The fourth-order valence-corrected chi connectivity index (χ4v) is 4.46. The molecule has 1 aliphatic carbocycles. The molecular weight excluding hydrogens is 370 g/mol. The van der Waals surface area contributed by atoms with Crippen molar-refractivity contribution < 1.29 is 14.0 Å². The van der Waals surface area contributed by atoms with Crippen molar-refractivity contribution in [2.24, 2.45) is 5.92 Å². The number of carbonyl (C=O) groups is 2. The van der Waals surface area contributed by atoms with E-state index >= 15 is 0 Å². The lowest BCUT2D eigenvalue weighted by atomic mass is 10.1. The van der Waals surface area contributed by atoms with E-state index in [-0.39, 0.29) is 17.6 Å². The zero-order valence-corrected chi connectivity index (χ0v) is 15.7. The maximum Gasteiger partial charge on any atom is 0.305 e. The molecule has 2 N–H and O–H groups in total. The zero-order valence-electron chi connectivity index (χ0n) is 14.1. The molecule has 134 valence electrons. The number of rotatable bonds is 5. The summed E-state index contributed by atoms with van der Waals surface area (Å²) in [5, 5.41) is 2.89. The molecule has 0 bridgehead atoms. The summed E-state index contributed by atoms with van der Waals surface area (Å²) in [7, 11) is 0. The van der Waals surface area contributed by atoms with Crippen molar-refractivity contribution >= 4 is 45.9 Å². The second-order valence-electron chi connectivity index (χ2n) is 6.17. The van der Waals surface area contributed by atoms with Crippen molar-refractivity contribution in [2.45, 2.75) is 29.9 Å². The number of para-hydroxylation sites is 1. The van der Waals surface area contributed by atoms with E-state index in [2.05, 4.69) is 15.8 Å². The van der Waals surface area contributed by atoms with Crippen LogP contribution in [0.15, 0.2) is 38.4 Å². The van der Waals surface area contributed by atoms with Crippen LogP contribution in [-0.4, -0.2) is 16.8 Å². The summed E-state index contributed by atoms with van der Waals surface area (Å²) in [4.78, 5) is 28.7. The first-order valence-electron chi connectivity index (χ1n) is 8.27. The van der Waals surface area contributed by atoms with Gasteiger partial charge in [0.25, 0.3) is 0 Å². The van der Waals surface area contributed by atoms with Crippen LogP contribution in [0, 0.1) is 12.8 Å². The summed E-state index contributed by atoms with van der Waals surface area (Å²) < 4.78 is 6.71. The molecule has 0 atom stereocenters. The molecular formula is C18H17N3O3S2. The van der Waals surface area contributed by atoms with Gasteiger partial charge in [0.2, 0.25) is 5.91 Å². The van der Waals surface area contributed by atoms with Crippen LogP contribution < -0.4 is 10.9 Å². The average molecular weight is 387 g/mol. The number of nitrogens with zero attached hydrogens (tertiary/aromatic N) is 1. The molecule has 3 aromatic rings. The number of fused-ring (bicyclic) bond motifs is 1. The molecule has 0 unspecified atom stereocenters. The molecule has 2 heterocycles. The van der Waals surface area contributed by atoms with Crippen LogP contribution in [0.2, 0.25) is 0 Å². The fourth-order valence-electron chi connectivity index (χ4n) is 2.58. The Hall–Kier alpha value is -2.32. The lowest BCUT2D eigenvalue weighted by molar-refractivity contribution is -0.123. The van der Waals surface area contributed by atoms with Gasteiger partial charge in [-0.1, -0.05) is 30.0 Å². The number of aromatic nitrogens is 1. The molecule has 26 heavy (non-hydrogen) atoms. The smallest absolute Gasteiger partial charge is 0.305 e. The van der Waals surface area contributed by atoms with E-state index in [4.69, 9.17) is 4.42 Å². The predicted octanol–water partition coefficient (Wildman–Crippen LogP) is 3.66. The van der Waals surface area contributed by atoms with Crippen molar-refractivity contribution in [1.82, 2.24) is 15.8 Å². The van der Waals surface area contributed by atoms with Crippen LogP contribution in [0.25, 0.3) is 11.0 Å². The second kappa shape index (κ2) is 7.13. The van der Waals surface area contributed by atoms with Gasteiger partial charge in [-0.15, -0.1) is 11.3 Å². The molecule has 1 aromatic carbocycles. The number of furan rings is 1. The summed E-state index contributed by atoms with van der Waals surface area (Å²) in [5.41, 5.74) is 7.38. The Labute approximate surface area is 158 Å². The summed E-state index contributed by atoms with van der Waals surface area (Å²) >= 11 is 3.14. The lowest BCUT2D eigenvalue weighted by Gasteiger charge is -2.06. The molecule has 1 fully saturated rings. The highest BCUT2D eigenvalue weighted by molar-refractivity contribution is 8.00. The van der Waals surface area contributed by atoms with Crippen LogP contribution in [0.3, 0.4) is 0 Å². The summed E-state index contributed by atoms with van der Waals surface area (Å²) in [6.07, 6.45) is 1.75. The molecule has 8 heteroatoms. The Bertz CT molecular complexity index is 975.